The van der Waals surface area contributed by atoms with Crippen molar-refractivity contribution < 1.29 is 27.8 Å². The normalized spacial score (nSPS) is 14.7. The lowest BCUT2D eigenvalue weighted by Gasteiger charge is -2.35. The molecule has 0 bridgehead atoms. The number of carbonyl (C=O) groups excluding carboxylic acids is 1. The molecule has 4 rings (SSSR count). The number of halogens is 3. The lowest BCUT2D eigenvalue weighted by molar-refractivity contribution is -0.274. The molecule has 0 aliphatic carbocycles. The van der Waals surface area contributed by atoms with E-state index in [1.54, 1.807) is 18.3 Å². The van der Waals surface area contributed by atoms with Gasteiger partial charge in [0.15, 0.2) is 0 Å². The highest BCUT2D eigenvalue weighted by atomic mass is 32.1. The number of nitrogens with zero attached hydrogens (tertiary/aromatic N) is 3. The Hall–Kier alpha value is -3.15. The van der Waals surface area contributed by atoms with Crippen molar-refractivity contribution in [2.75, 3.05) is 31.1 Å². The van der Waals surface area contributed by atoms with Crippen LogP contribution in [0.5, 0.6) is 5.75 Å². The average Bonchev–Trinajstić information content (AvgIpc) is 3.31. The molecular formula is C24H25F3N4O3S. The number of amides is 1. The molecule has 1 fully saturated rings. The summed E-state index contributed by atoms with van der Waals surface area (Å²) in [5.74, 6) is 0.218. The molecule has 2 N–H and O–H groups in total. The van der Waals surface area contributed by atoms with Gasteiger partial charge in [0.1, 0.15) is 11.6 Å². The number of aromatic nitrogens is 1. The summed E-state index contributed by atoms with van der Waals surface area (Å²) >= 11 is 1.37. The SMILES string of the molecule is O=C(NCc1ccccc1OC(F)(F)F)c1ccc(CN2CCN(c3ccc(CO)cn3)CC2)s1. The molecule has 1 amide bonds. The Bertz CT molecular complexity index is 1130. The number of benzene rings is 1. The zero-order valence-corrected chi connectivity index (χ0v) is 19.6. The van der Waals surface area contributed by atoms with Gasteiger partial charge in [-0.05, 0) is 29.8 Å². The van der Waals surface area contributed by atoms with E-state index < -0.39 is 6.36 Å². The lowest BCUT2D eigenvalue weighted by atomic mass is 10.2. The molecular weight excluding hydrogens is 481 g/mol. The Kier molecular flexibility index (Phi) is 7.89. The Morgan fingerprint density at radius 3 is 2.54 bits per heavy atom. The van der Waals surface area contributed by atoms with Gasteiger partial charge in [-0.3, -0.25) is 9.69 Å². The molecule has 1 aliphatic rings. The van der Waals surface area contributed by atoms with E-state index >= 15 is 0 Å². The van der Waals surface area contributed by atoms with Crippen molar-refractivity contribution in [1.82, 2.24) is 15.2 Å². The van der Waals surface area contributed by atoms with Crippen LogP contribution in [0.1, 0.15) is 25.7 Å². The van der Waals surface area contributed by atoms with E-state index in [9.17, 15) is 18.0 Å². The van der Waals surface area contributed by atoms with Crippen molar-refractivity contribution >= 4 is 23.1 Å². The van der Waals surface area contributed by atoms with Crippen LogP contribution in [0.15, 0.2) is 54.7 Å². The summed E-state index contributed by atoms with van der Waals surface area (Å²) in [4.78, 5) is 23.0. The Morgan fingerprint density at radius 1 is 1.09 bits per heavy atom. The minimum Gasteiger partial charge on any atom is -0.405 e. The number of anilines is 1. The van der Waals surface area contributed by atoms with E-state index in [0.717, 1.165) is 42.4 Å². The van der Waals surface area contributed by atoms with Crippen molar-refractivity contribution in [3.05, 3.63) is 75.6 Å². The van der Waals surface area contributed by atoms with Gasteiger partial charge in [-0.25, -0.2) is 4.98 Å². The number of alkyl halides is 3. The van der Waals surface area contributed by atoms with Gasteiger partial charge in [-0.2, -0.15) is 0 Å². The summed E-state index contributed by atoms with van der Waals surface area (Å²) in [5.41, 5.74) is 1.03. The fourth-order valence-corrected chi connectivity index (χ4v) is 4.74. The topological polar surface area (TPSA) is 77.9 Å². The van der Waals surface area contributed by atoms with Crippen molar-refractivity contribution in [2.45, 2.75) is 26.1 Å². The van der Waals surface area contributed by atoms with Crippen LogP contribution in [0.2, 0.25) is 0 Å². The molecule has 0 spiro atoms. The van der Waals surface area contributed by atoms with Gasteiger partial charge in [0.25, 0.3) is 5.91 Å². The Labute approximate surface area is 204 Å². The largest absolute Gasteiger partial charge is 0.573 e. The fourth-order valence-electron chi connectivity index (χ4n) is 3.77. The van der Waals surface area contributed by atoms with E-state index in [1.807, 2.05) is 18.2 Å². The predicted molar refractivity (Wildman–Crippen MR) is 126 cm³/mol. The van der Waals surface area contributed by atoms with Crippen molar-refractivity contribution in [3.8, 4) is 5.75 Å². The Balaban J connectivity index is 1.27. The zero-order chi connectivity index (χ0) is 24.8. The van der Waals surface area contributed by atoms with Gasteiger partial charge >= 0.3 is 6.36 Å². The highest BCUT2D eigenvalue weighted by molar-refractivity contribution is 7.14. The molecule has 1 saturated heterocycles. The molecule has 1 aromatic carbocycles. The van der Waals surface area contributed by atoms with Crippen LogP contribution in [0, 0.1) is 0 Å². The van der Waals surface area contributed by atoms with Crippen LogP contribution in [0.25, 0.3) is 0 Å². The molecule has 0 radical (unpaired) electrons. The second-order valence-corrected chi connectivity index (χ2v) is 9.22. The molecule has 2 aromatic heterocycles. The quantitative estimate of drug-likeness (QED) is 0.484. The van der Waals surface area contributed by atoms with Crippen LogP contribution in [-0.4, -0.2) is 53.4 Å². The van der Waals surface area contributed by atoms with Crippen LogP contribution >= 0.6 is 11.3 Å². The minimum absolute atomic E-state index is 0.0261. The summed E-state index contributed by atoms with van der Waals surface area (Å²) in [6.45, 7) is 3.95. The summed E-state index contributed by atoms with van der Waals surface area (Å²) < 4.78 is 41.8. The van der Waals surface area contributed by atoms with Crippen molar-refractivity contribution in [3.63, 3.8) is 0 Å². The van der Waals surface area contributed by atoms with E-state index in [4.69, 9.17) is 5.11 Å². The van der Waals surface area contributed by atoms with Crippen LogP contribution in [-0.2, 0) is 19.7 Å². The van der Waals surface area contributed by atoms with Gasteiger partial charge < -0.3 is 20.1 Å². The monoisotopic (exact) mass is 506 g/mol. The summed E-state index contributed by atoms with van der Waals surface area (Å²) in [5, 5.41) is 11.8. The summed E-state index contributed by atoms with van der Waals surface area (Å²) in [6, 6.07) is 13.2. The third kappa shape index (κ3) is 6.93. The number of hydrogen-bond donors (Lipinski definition) is 2. The second kappa shape index (κ2) is 11.1. The number of nitrogens with one attached hydrogen (secondary N) is 1. The molecule has 0 unspecified atom stereocenters. The molecule has 1 aliphatic heterocycles. The number of rotatable bonds is 8. The first-order valence-corrected chi connectivity index (χ1v) is 11.9. The highest BCUT2D eigenvalue weighted by Crippen LogP contribution is 2.26. The van der Waals surface area contributed by atoms with Crippen molar-refractivity contribution in [1.29, 1.82) is 0 Å². The maximum Gasteiger partial charge on any atom is 0.573 e. The molecule has 186 valence electrons. The molecule has 0 atom stereocenters. The first-order chi connectivity index (χ1) is 16.8. The van der Waals surface area contributed by atoms with Gasteiger partial charge in [0.05, 0.1) is 11.5 Å². The third-order valence-electron chi connectivity index (χ3n) is 5.59. The van der Waals surface area contributed by atoms with Crippen LogP contribution in [0.3, 0.4) is 0 Å². The number of para-hydroxylation sites is 1. The van der Waals surface area contributed by atoms with Gasteiger partial charge in [0, 0.05) is 55.9 Å². The maximum atomic E-state index is 12.6. The lowest BCUT2D eigenvalue weighted by Crippen LogP contribution is -2.46. The second-order valence-electron chi connectivity index (χ2n) is 8.05. The van der Waals surface area contributed by atoms with E-state index in [1.165, 1.54) is 29.5 Å². The van der Waals surface area contributed by atoms with Crippen molar-refractivity contribution in [2.24, 2.45) is 0 Å². The van der Waals surface area contributed by atoms with Crippen LogP contribution < -0.4 is 15.0 Å². The average molecular weight is 507 g/mol. The number of thiophene rings is 1. The van der Waals surface area contributed by atoms with Gasteiger partial charge in [-0.15, -0.1) is 24.5 Å². The number of ether oxygens (including phenoxy) is 1. The highest BCUT2D eigenvalue weighted by Gasteiger charge is 2.32. The van der Waals surface area contributed by atoms with Gasteiger partial charge in [-0.1, -0.05) is 24.3 Å². The molecule has 3 heterocycles. The number of piperazine rings is 1. The maximum absolute atomic E-state index is 12.6. The summed E-state index contributed by atoms with van der Waals surface area (Å²) in [7, 11) is 0. The third-order valence-corrected chi connectivity index (χ3v) is 6.66. The fraction of sp³-hybridized carbons (Fsp3) is 0.333. The number of hydrogen-bond acceptors (Lipinski definition) is 7. The zero-order valence-electron chi connectivity index (χ0n) is 18.8. The molecule has 7 nitrogen and oxygen atoms in total. The smallest absolute Gasteiger partial charge is 0.405 e. The number of carbonyl (C=O) groups is 1. The molecule has 11 heteroatoms. The number of aliphatic hydroxyl groups excluding tert-OH is 1. The predicted octanol–water partition coefficient (Wildman–Crippen LogP) is 3.79. The Morgan fingerprint density at radius 2 is 1.86 bits per heavy atom. The summed E-state index contributed by atoms with van der Waals surface area (Å²) in [6.07, 6.45) is -3.11. The van der Waals surface area contributed by atoms with Crippen LogP contribution in [0.4, 0.5) is 19.0 Å². The standard InChI is InChI=1S/C24H25F3N4O3S/c25-24(26,27)34-20-4-2-1-3-18(20)14-29-23(33)21-7-6-19(35-21)15-30-9-11-31(12-10-30)22-8-5-17(16-32)13-28-22/h1-8,13,32H,9-12,14-16H2,(H,29,33). The first-order valence-electron chi connectivity index (χ1n) is 11.0. The minimum atomic E-state index is -4.80. The first kappa shape index (κ1) is 25.0. The number of pyridine rings is 1. The number of aliphatic hydroxyl groups is 1. The molecule has 0 saturated carbocycles. The molecule has 3 aromatic rings. The van der Waals surface area contributed by atoms with Gasteiger partial charge in [0.2, 0.25) is 0 Å². The van der Waals surface area contributed by atoms with E-state index in [2.05, 4.69) is 24.8 Å². The van der Waals surface area contributed by atoms with E-state index in [0.29, 0.717) is 11.4 Å². The molecule has 35 heavy (non-hydrogen) atoms. The van der Waals surface area contributed by atoms with E-state index in [-0.39, 0.29) is 30.4 Å².